The molecule has 4 nitrogen and oxygen atoms in total. The number of nitrogens with one attached hydrogen (secondary N) is 1. The number of hydrogen-bond donors (Lipinski definition) is 1. The molecular formula is C15H24BrClN2O2. The van der Waals surface area contributed by atoms with Gasteiger partial charge in [0, 0.05) is 32.2 Å². The third-order valence-electron chi connectivity index (χ3n) is 3.43. The Bertz CT molecular complexity index is 460. The summed E-state index contributed by atoms with van der Waals surface area (Å²) in [5.74, 6) is 1.58. The van der Waals surface area contributed by atoms with Crippen molar-refractivity contribution in [3.63, 3.8) is 0 Å². The van der Waals surface area contributed by atoms with Crippen molar-refractivity contribution in [3.05, 3.63) is 22.2 Å². The first-order chi connectivity index (χ1) is 9.63. The van der Waals surface area contributed by atoms with Crippen LogP contribution < -0.4 is 14.8 Å². The van der Waals surface area contributed by atoms with Crippen molar-refractivity contribution >= 4 is 28.3 Å². The minimum absolute atomic E-state index is 0. The molecule has 120 valence electrons. The molecule has 0 aromatic heterocycles. The Labute approximate surface area is 141 Å². The maximum absolute atomic E-state index is 5.67. The van der Waals surface area contributed by atoms with Gasteiger partial charge < -0.3 is 14.8 Å². The van der Waals surface area contributed by atoms with Gasteiger partial charge in [0.05, 0.1) is 18.2 Å². The Morgan fingerprint density at radius 3 is 2.81 bits per heavy atom. The van der Waals surface area contributed by atoms with Crippen molar-refractivity contribution in [1.82, 2.24) is 10.2 Å². The van der Waals surface area contributed by atoms with Gasteiger partial charge in [-0.3, -0.25) is 4.90 Å². The molecule has 1 heterocycles. The molecule has 21 heavy (non-hydrogen) atoms. The van der Waals surface area contributed by atoms with Crippen molar-refractivity contribution in [2.75, 3.05) is 33.4 Å². The van der Waals surface area contributed by atoms with Crippen LogP contribution in [0.3, 0.4) is 0 Å². The summed E-state index contributed by atoms with van der Waals surface area (Å²) in [5, 5.41) is 3.46. The van der Waals surface area contributed by atoms with E-state index in [1.807, 2.05) is 6.92 Å². The zero-order chi connectivity index (χ0) is 14.5. The zero-order valence-electron chi connectivity index (χ0n) is 12.8. The van der Waals surface area contributed by atoms with E-state index in [0.29, 0.717) is 12.6 Å². The van der Waals surface area contributed by atoms with E-state index < -0.39 is 0 Å². The highest BCUT2D eigenvalue weighted by Crippen LogP contribution is 2.36. The van der Waals surface area contributed by atoms with E-state index in [1.54, 1.807) is 7.11 Å². The summed E-state index contributed by atoms with van der Waals surface area (Å²) >= 11 is 3.57. The normalized spacial score (nSPS) is 19.0. The predicted octanol–water partition coefficient (Wildman–Crippen LogP) is 3.07. The highest BCUT2D eigenvalue weighted by atomic mass is 79.9. The van der Waals surface area contributed by atoms with Crippen LogP contribution in [0, 0.1) is 0 Å². The summed E-state index contributed by atoms with van der Waals surface area (Å²) < 4.78 is 12.0. The fraction of sp³-hybridized carbons (Fsp3) is 0.600. The summed E-state index contributed by atoms with van der Waals surface area (Å²) in [6, 6.07) is 4.75. The minimum atomic E-state index is 0. The first-order valence-corrected chi connectivity index (χ1v) is 7.88. The van der Waals surface area contributed by atoms with Crippen LogP contribution in [0.15, 0.2) is 16.6 Å². The van der Waals surface area contributed by atoms with Gasteiger partial charge in [0.2, 0.25) is 0 Å². The van der Waals surface area contributed by atoms with E-state index in [4.69, 9.17) is 9.47 Å². The number of benzene rings is 1. The Morgan fingerprint density at radius 1 is 1.43 bits per heavy atom. The van der Waals surface area contributed by atoms with Crippen molar-refractivity contribution in [1.29, 1.82) is 0 Å². The van der Waals surface area contributed by atoms with Crippen LogP contribution in [0.2, 0.25) is 0 Å². The molecule has 0 amide bonds. The van der Waals surface area contributed by atoms with Gasteiger partial charge in [-0.1, -0.05) is 0 Å². The topological polar surface area (TPSA) is 33.7 Å². The maximum atomic E-state index is 5.67. The Kier molecular flexibility index (Phi) is 7.81. The van der Waals surface area contributed by atoms with E-state index in [2.05, 4.69) is 45.2 Å². The lowest BCUT2D eigenvalue weighted by Crippen LogP contribution is -2.48. The molecule has 1 fully saturated rings. The van der Waals surface area contributed by atoms with E-state index in [1.165, 1.54) is 5.56 Å². The largest absolute Gasteiger partial charge is 0.492 e. The highest BCUT2D eigenvalue weighted by molar-refractivity contribution is 9.10. The second-order valence-corrected chi connectivity index (χ2v) is 5.99. The number of nitrogens with zero attached hydrogens (tertiary/aromatic N) is 1. The third-order valence-corrected chi connectivity index (χ3v) is 4.02. The van der Waals surface area contributed by atoms with Crippen molar-refractivity contribution < 1.29 is 9.47 Å². The zero-order valence-corrected chi connectivity index (χ0v) is 15.2. The molecule has 1 aromatic carbocycles. The third kappa shape index (κ3) is 5.02. The van der Waals surface area contributed by atoms with Crippen LogP contribution in [0.1, 0.15) is 19.4 Å². The Morgan fingerprint density at radius 2 is 2.19 bits per heavy atom. The van der Waals surface area contributed by atoms with Gasteiger partial charge >= 0.3 is 0 Å². The molecule has 1 saturated heterocycles. The second-order valence-electron chi connectivity index (χ2n) is 5.13. The van der Waals surface area contributed by atoms with Crippen molar-refractivity contribution in [2.45, 2.75) is 26.4 Å². The molecule has 1 aliphatic rings. The molecule has 0 radical (unpaired) electrons. The van der Waals surface area contributed by atoms with E-state index in [9.17, 15) is 0 Å². The maximum Gasteiger partial charge on any atom is 0.174 e. The van der Waals surface area contributed by atoms with Crippen LogP contribution in [-0.2, 0) is 6.54 Å². The molecule has 1 atom stereocenters. The molecular weight excluding hydrogens is 356 g/mol. The van der Waals surface area contributed by atoms with Crippen LogP contribution in [0.5, 0.6) is 11.5 Å². The minimum Gasteiger partial charge on any atom is -0.492 e. The fourth-order valence-electron chi connectivity index (χ4n) is 2.59. The van der Waals surface area contributed by atoms with Gasteiger partial charge in [0.1, 0.15) is 0 Å². The van der Waals surface area contributed by atoms with Gasteiger partial charge in [-0.05, 0) is 47.5 Å². The van der Waals surface area contributed by atoms with Crippen LogP contribution in [-0.4, -0.2) is 44.3 Å². The monoisotopic (exact) mass is 378 g/mol. The Hall–Kier alpha value is -0.490. The van der Waals surface area contributed by atoms with Gasteiger partial charge in [-0.15, -0.1) is 12.4 Å². The first kappa shape index (κ1) is 18.6. The summed E-state index contributed by atoms with van der Waals surface area (Å²) in [4.78, 5) is 2.46. The standard InChI is InChI=1S/C15H23BrN2O2.ClH/c1-4-20-14-8-12(7-13(16)15(14)19-3)10-18-6-5-17-11(2)9-18;/h7-8,11,17H,4-6,9-10H2,1-3H3;1H/t11-;/m0./s1. The lowest BCUT2D eigenvalue weighted by atomic mass is 10.1. The molecule has 0 saturated carbocycles. The molecule has 0 spiro atoms. The average molecular weight is 380 g/mol. The molecule has 0 unspecified atom stereocenters. The lowest BCUT2D eigenvalue weighted by Gasteiger charge is -2.32. The van der Waals surface area contributed by atoms with E-state index >= 15 is 0 Å². The summed E-state index contributed by atoms with van der Waals surface area (Å²) in [7, 11) is 1.67. The van der Waals surface area contributed by atoms with Gasteiger partial charge in [0.25, 0.3) is 0 Å². The molecule has 1 N–H and O–H groups in total. The first-order valence-electron chi connectivity index (χ1n) is 7.09. The summed E-state index contributed by atoms with van der Waals surface area (Å²) in [6.07, 6.45) is 0. The van der Waals surface area contributed by atoms with Crippen LogP contribution in [0.25, 0.3) is 0 Å². The highest BCUT2D eigenvalue weighted by Gasteiger charge is 2.17. The number of rotatable bonds is 5. The number of methoxy groups -OCH3 is 1. The number of hydrogen-bond acceptors (Lipinski definition) is 4. The number of halogens is 2. The van der Waals surface area contributed by atoms with Crippen molar-refractivity contribution in [3.8, 4) is 11.5 Å². The molecule has 1 aliphatic heterocycles. The summed E-state index contributed by atoms with van der Waals surface area (Å²) in [5.41, 5.74) is 1.25. The quantitative estimate of drug-likeness (QED) is 0.852. The number of ether oxygens (including phenoxy) is 2. The van der Waals surface area contributed by atoms with Crippen molar-refractivity contribution in [2.24, 2.45) is 0 Å². The molecule has 1 aromatic rings. The SMILES string of the molecule is CCOc1cc(CN2CCN[C@@H](C)C2)cc(Br)c1OC.Cl. The van der Waals surface area contributed by atoms with E-state index in [-0.39, 0.29) is 12.4 Å². The molecule has 2 rings (SSSR count). The second kappa shape index (κ2) is 8.83. The number of piperazine rings is 1. The average Bonchev–Trinajstić information content (AvgIpc) is 2.39. The summed E-state index contributed by atoms with van der Waals surface area (Å²) in [6.45, 7) is 8.99. The molecule has 0 aliphatic carbocycles. The molecule has 0 bridgehead atoms. The van der Waals surface area contributed by atoms with Gasteiger partial charge in [-0.2, -0.15) is 0 Å². The van der Waals surface area contributed by atoms with Gasteiger partial charge in [-0.25, -0.2) is 0 Å². The Balaban J connectivity index is 0.00000220. The van der Waals surface area contributed by atoms with Crippen LogP contribution in [0.4, 0.5) is 0 Å². The molecule has 6 heteroatoms. The van der Waals surface area contributed by atoms with Crippen LogP contribution >= 0.6 is 28.3 Å². The smallest absolute Gasteiger partial charge is 0.174 e. The lowest BCUT2D eigenvalue weighted by molar-refractivity contribution is 0.199. The predicted molar refractivity (Wildman–Crippen MR) is 91.9 cm³/mol. The van der Waals surface area contributed by atoms with E-state index in [0.717, 1.165) is 42.2 Å². The fourth-order valence-corrected chi connectivity index (χ4v) is 3.24. The van der Waals surface area contributed by atoms with Gasteiger partial charge in [0.15, 0.2) is 11.5 Å².